The van der Waals surface area contributed by atoms with Crippen molar-refractivity contribution in [1.29, 1.82) is 0 Å². The van der Waals surface area contributed by atoms with E-state index in [2.05, 4.69) is 31.7 Å². The topological polar surface area (TPSA) is 52.2 Å². The zero-order valence-electron chi connectivity index (χ0n) is 12.7. The molecule has 3 aromatic rings. The van der Waals surface area contributed by atoms with Crippen LogP contribution < -0.4 is 0 Å². The number of hydrogen-bond acceptors (Lipinski definition) is 4. The number of H-pyrrole nitrogens is 1. The fraction of sp³-hybridized carbons (Fsp3) is 0.294. The maximum atomic E-state index is 12.7. The first-order chi connectivity index (χ1) is 11.3. The molecule has 3 heterocycles. The van der Waals surface area contributed by atoms with Gasteiger partial charge >= 0.3 is 0 Å². The highest BCUT2D eigenvalue weighted by Crippen LogP contribution is 2.16. The third kappa shape index (κ3) is 3.00. The van der Waals surface area contributed by atoms with E-state index in [4.69, 9.17) is 0 Å². The monoisotopic (exact) mass is 326 g/mol. The minimum atomic E-state index is 0.108. The molecule has 0 spiro atoms. The van der Waals surface area contributed by atoms with Crippen molar-refractivity contribution in [2.45, 2.75) is 6.54 Å². The fourth-order valence-corrected chi connectivity index (χ4v) is 3.66. The molecule has 0 atom stereocenters. The van der Waals surface area contributed by atoms with Crippen LogP contribution in [0.25, 0.3) is 11.0 Å². The van der Waals surface area contributed by atoms with Crippen LogP contribution in [0.1, 0.15) is 15.9 Å². The standard InChI is InChI=1S/C17H18N4OS/c22-17(14-1-2-15-16(9-14)19-12-18-15)21-6-4-20(5-7-21)10-13-3-8-23-11-13/h1-3,8-9,11-12H,4-7,10H2,(H,18,19). The summed E-state index contributed by atoms with van der Waals surface area (Å²) in [6, 6.07) is 7.82. The van der Waals surface area contributed by atoms with Crippen molar-refractivity contribution in [3.63, 3.8) is 0 Å². The van der Waals surface area contributed by atoms with Crippen molar-refractivity contribution in [2.75, 3.05) is 26.2 Å². The summed E-state index contributed by atoms with van der Waals surface area (Å²) in [4.78, 5) is 24.3. The van der Waals surface area contributed by atoms with E-state index < -0.39 is 0 Å². The van der Waals surface area contributed by atoms with Crippen LogP contribution in [0.5, 0.6) is 0 Å². The van der Waals surface area contributed by atoms with Crippen LogP contribution in [-0.2, 0) is 6.54 Å². The molecule has 6 heteroatoms. The molecule has 0 unspecified atom stereocenters. The Morgan fingerprint density at radius 3 is 2.87 bits per heavy atom. The Bertz CT molecular complexity index is 803. The van der Waals surface area contributed by atoms with Gasteiger partial charge in [-0.3, -0.25) is 9.69 Å². The normalized spacial score (nSPS) is 16.1. The predicted molar refractivity (Wildman–Crippen MR) is 91.6 cm³/mol. The minimum absolute atomic E-state index is 0.108. The second-order valence-corrected chi connectivity index (χ2v) is 6.61. The lowest BCUT2D eigenvalue weighted by Crippen LogP contribution is -2.48. The molecule has 0 radical (unpaired) electrons. The van der Waals surface area contributed by atoms with Crippen LogP contribution in [0.3, 0.4) is 0 Å². The number of aromatic nitrogens is 2. The summed E-state index contributed by atoms with van der Waals surface area (Å²) in [5.74, 6) is 0.108. The number of hydrogen-bond donors (Lipinski definition) is 1. The van der Waals surface area contributed by atoms with Gasteiger partial charge in [-0.2, -0.15) is 11.3 Å². The van der Waals surface area contributed by atoms with Gasteiger partial charge in [-0.1, -0.05) is 0 Å². The number of imidazole rings is 1. The van der Waals surface area contributed by atoms with E-state index in [0.717, 1.165) is 49.3 Å². The highest BCUT2D eigenvalue weighted by Gasteiger charge is 2.22. The lowest BCUT2D eigenvalue weighted by atomic mass is 10.1. The molecule has 1 fully saturated rings. The van der Waals surface area contributed by atoms with E-state index in [-0.39, 0.29) is 5.91 Å². The van der Waals surface area contributed by atoms with Crippen molar-refractivity contribution < 1.29 is 4.79 Å². The molecule has 1 aromatic carbocycles. The maximum absolute atomic E-state index is 12.7. The highest BCUT2D eigenvalue weighted by molar-refractivity contribution is 7.07. The number of nitrogens with one attached hydrogen (secondary N) is 1. The van der Waals surface area contributed by atoms with Crippen LogP contribution in [0.15, 0.2) is 41.4 Å². The number of carbonyl (C=O) groups is 1. The largest absolute Gasteiger partial charge is 0.345 e. The van der Waals surface area contributed by atoms with Crippen molar-refractivity contribution in [1.82, 2.24) is 19.8 Å². The third-order valence-corrected chi connectivity index (χ3v) is 5.05. The van der Waals surface area contributed by atoms with E-state index >= 15 is 0 Å². The van der Waals surface area contributed by atoms with E-state index in [9.17, 15) is 4.79 Å². The number of rotatable bonds is 3. The number of aromatic amines is 1. The number of piperazine rings is 1. The Labute approximate surface area is 138 Å². The number of benzene rings is 1. The molecule has 23 heavy (non-hydrogen) atoms. The molecular weight excluding hydrogens is 308 g/mol. The van der Waals surface area contributed by atoms with E-state index in [1.807, 2.05) is 23.1 Å². The molecule has 2 aromatic heterocycles. The van der Waals surface area contributed by atoms with Crippen LogP contribution in [0.2, 0.25) is 0 Å². The second-order valence-electron chi connectivity index (χ2n) is 5.83. The van der Waals surface area contributed by atoms with Gasteiger partial charge in [-0.15, -0.1) is 0 Å². The average molecular weight is 326 g/mol. The lowest BCUT2D eigenvalue weighted by Gasteiger charge is -2.34. The maximum Gasteiger partial charge on any atom is 0.254 e. The summed E-state index contributed by atoms with van der Waals surface area (Å²) in [7, 11) is 0. The molecule has 118 valence electrons. The van der Waals surface area contributed by atoms with Crippen LogP contribution >= 0.6 is 11.3 Å². The van der Waals surface area contributed by atoms with Gasteiger partial charge in [0.05, 0.1) is 17.4 Å². The first-order valence-electron chi connectivity index (χ1n) is 7.75. The van der Waals surface area contributed by atoms with Crippen LogP contribution in [-0.4, -0.2) is 51.9 Å². The number of nitrogens with zero attached hydrogens (tertiary/aromatic N) is 3. The quantitative estimate of drug-likeness (QED) is 0.805. The fourth-order valence-electron chi connectivity index (χ4n) is 3.00. The lowest BCUT2D eigenvalue weighted by molar-refractivity contribution is 0.0629. The molecule has 0 bridgehead atoms. The van der Waals surface area contributed by atoms with Gasteiger partial charge in [0.15, 0.2) is 0 Å². The predicted octanol–water partition coefficient (Wildman–Crippen LogP) is 2.58. The van der Waals surface area contributed by atoms with Gasteiger partial charge in [-0.25, -0.2) is 4.98 Å². The molecule has 1 saturated heterocycles. The van der Waals surface area contributed by atoms with Crippen LogP contribution in [0.4, 0.5) is 0 Å². The second kappa shape index (κ2) is 6.14. The van der Waals surface area contributed by atoms with Crippen molar-refractivity contribution >= 4 is 28.3 Å². The summed E-state index contributed by atoms with van der Waals surface area (Å²) < 4.78 is 0. The van der Waals surface area contributed by atoms with Gasteiger partial charge < -0.3 is 9.88 Å². The zero-order chi connectivity index (χ0) is 15.6. The smallest absolute Gasteiger partial charge is 0.254 e. The minimum Gasteiger partial charge on any atom is -0.345 e. The van der Waals surface area contributed by atoms with E-state index in [0.29, 0.717) is 0 Å². The van der Waals surface area contributed by atoms with Gasteiger partial charge in [0, 0.05) is 38.3 Å². The summed E-state index contributed by atoms with van der Waals surface area (Å²) in [6.45, 7) is 4.39. The van der Waals surface area contributed by atoms with Crippen molar-refractivity contribution in [3.05, 3.63) is 52.5 Å². The first-order valence-corrected chi connectivity index (χ1v) is 8.70. The van der Waals surface area contributed by atoms with Crippen molar-refractivity contribution in [2.24, 2.45) is 0 Å². The molecule has 1 amide bonds. The Morgan fingerprint density at radius 1 is 1.22 bits per heavy atom. The van der Waals surface area contributed by atoms with E-state index in [1.165, 1.54) is 5.56 Å². The number of amides is 1. The Balaban J connectivity index is 1.40. The van der Waals surface area contributed by atoms with Crippen LogP contribution in [0, 0.1) is 0 Å². The summed E-state index contributed by atoms with van der Waals surface area (Å²) in [6.07, 6.45) is 1.65. The zero-order valence-corrected chi connectivity index (χ0v) is 13.6. The summed E-state index contributed by atoms with van der Waals surface area (Å²) in [5.41, 5.74) is 3.89. The van der Waals surface area contributed by atoms with Gasteiger partial charge in [0.2, 0.25) is 0 Å². The molecule has 1 aliphatic rings. The Morgan fingerprint density at radius 2 is 2.09 bits per heavy atom. The first kappa shape index (κ1) is 14.4. The molecule has 4 rings (SSSR count). The number of carbonyl (C=O) groups excluding carboxylic acids is 1. The molecular formula is C17H18N4OS. The van der Waals surface area contributed by atoms with Crippen molar-refractivity contribution in [3.8, 4) is 0 Å². The highest BCUT2D eigenvalue weighted by atomic mass is 32.1. The molecule has 1 N–H and O–H groups in total. The number of fused-ring (bicyclic) bond motifs is 1. The molecule has 1 aliphatic heterocycles. The average Bonchev–Trinajstić information content (AvgIpc) is 3.25. The molecule has 0 aliphatic carbocycles. The third-order valence-electron chi connectivity index (χ3n) is 4.31. The van der Waals surface area contributed by atoms with Gasteiger partial charge in [0.1, 0.15) is 0 Å². The number of thiophene rings is 1. The Kier molecular flexibility index (Phi) is 3.85. The van der Waals surface area contributed by atoms with Gasteiger partial charge in [0.25, 0.3) is 5.91 Å². The SMILES string of the molecule is O=C(c1ccc2nc[nH]c2c1)N1CCN(Cc2ccsc2)CC1. The summed E-state index contributed by atoms with van der Waals surface area (Å²) in [5, 5.41) is 4.30. The van der Waals surface area contributed by atoms with E-state index in [1.54, 1.807) is 17.7 Å². The molecule has 5 nitrogen and oxygen atoms in total. The van der Waals surface area contributed by atoms with Gasteiger partial charge in [-0.05, 0) is 40.6 Å². The molecule has 0 saturated carbocycles. The Hall–Kier alpha value is -2.18. The summed E-state index contributed by atoms with van der Waals surface area (Å²) >= 11 is 1.73.